The van der Waals surface area contributed by atoms with Crippen LogP contribution < -0.4 is 5.32 Å². The third kappa shape index (κ3) is 57.7. The Kier molecular flexibility index (Phi) is 65.8. The normalized spacial score (nSPS) is 18.4. The van der Waals surface area contributed by atoms with E-state index in [0.717, 1.165) is 96.3 Å². The van der Waals surface area contributed by atoms with Crippen molar-refractivity contribution in [2.24, 2.45) is 0 Å². The average Bonchev–Trinajstić information content (AvgIpc) is 1.00. The van der Waals surface area contributed by atoms with Gasteiger partial charge in [0.2, 0.25) is 5.91 Å². The lowest BCUT2D eigenvalue weighted by molar-refractivity contribution is -0.302. The van der Waals surface area contributed by atoms with Crippen molar-refractivity contribution in [2.75, 3.05) is 13.2 Å². The molecule has 9 heteroatoms. The molecule has 0 aliphatic carbocycles. The van der Waals surface area contributed by atoms with Gasteiger partial charge in [-0.3, -0.25) is 4.79 Å². The first-order chi connectivity index (χ1) is 45.3. The molecule has 1 rings (SSSR count). The molecule has 9 nitrogen and oxygen atoms in total. The lowest BCUT2D eigenvalue weighted by atomic mass is 9.99. The van der Waals surface area contributed by atoms with Crippen LogP contribution in [0.15, 0.2) is 134 Å². The van der Waals surface area contributed by atoms with Crippen LogP contribution in [0.4, 0.5) is 0 Å². The first kappa shape index (κ1) is 86.3. The summed E-state index contributed by atoms with van der Waals surface area (Å²) in [6, 6.07) is -0.837. The Morgan fingerprint density at radius 3 is 1.04 bits per heavy atom. The van der Waals surface area contributed by atoms with Gasteiger partial charge in [0.1, 0.15) is 24.4 Å². The van der Waals surface area contributed by atoms with Crippen molar-refractivity contribution < 1.29 is 39.8 Å². The van der Waals surface area contributed by atoms with Crippen LogP contribution in [-0.2, 0) is 14.3 Å². The summed E-state index contributed by atoms with van der Waals surface area (Å²) in [6.07, 6.45) is 100. The summed E-state index contributed by atoms with van der Waals surface area (Å²) in [6.45, 7) is 3.67. The molecule has 1 aliphatic heterocycles. The summed E-state index contributed by atoms with van der Waals surface area (Å²) in [7, 11) is 0. The number of hydrogen-bond donors (Lipinski definition) is 6. The van der Waals surface area contributed by atoms with Crippen molar-refractivity contribution in [1.82, 2.24) is 5.32 Å². The third-order valence-corrected chi connectivity index (χ3v) is 17.4. The lowest BCUT2D eigenvalue weighted by Gasteiger charge is -2.40. The number of carbonyl (C=O) groups excluding carboxylic acids is 1. The molecule has 0 spiro atoms. The van der Waals surface area contributed by atoms with E-state index < -0.39 is 49.5 Å². The number of hydrogen-bond acceptors (Lipinski definition) is 8. The molecule has 528 valence electrons. The first-order valence-corrected chi connectivity index (χ1v) is 38.4. The van der Waals surface area contributed by atoms with Crippen LogP contribution in [0.1, 0.15) is 328 Å². The van der Waals surface area contributed by atoms with E-state index in [-0.39, 0.29) is 12.5 Å². The van der Waals surface area contributed by atoms with E-state index in [1.165, 1.54) is 212 Å². The first-order valence-electron chi connectivity index (χ1n) is 38.4. The molecule has 0 bridgehead atoms. The van der Waals surface area contributed by atoms with Gasteiger partial charge in [0.25, 0.3) is 0 Å². The highest BCUT2D eigenvalue weighted by Gasteiger charge is 2.44. The number of rotatable bonds is 66. The zero-order valence-electron chi connectivity index (χ0n) is 59.3. The molecule has 1 aliphatic rings. The Morgan fingerprint density at radius 1 is 0.380 bits per heavy atom. The quantitative estimate of drug-likeness (QED) is 0.0261. The molecular formula is C83H143NO8. The molecule has 7 unspecified atom stereocenters. The smallest absolute Gasteiger partial charge is 0.220 e. The fraction of sp³-hybridized carbons (Fsp3) is 0.723. The molecule has 0 aromatic rings. The Morgan fingerprint density at radius 2 is 0.685 bits per heavy atom. The highest BCUT2D eigenvalue weighted by molar-refractivity contribution is 5.76. The van der Waals surface area contributed by atoms with Crippen molar-refractivity contribution >= 4 is 5.91 Å². The van der Waals surface area contributed by atoms with Gasteiger partial charge in [0, 0.05) is 6.42 Å². The summed E-state index contributed by atoms with van der Waals surface area (Å²) in [5, 5.41) is 54.8. The van der Waals surface area contributed by atoms with Crippen molar-refractivity contribution in [3.63, 3.8) is 0 Å². The number of carbonyl (C=O) groups is 1. The summed E-state index contributed by atoms with van der Waals surface area (Å²) >= 11 is 0. The SMILES string of the molecule is CC/C=C\C/C=C\C/C=C\C/C=C\C/C=C\C/C=C\C/C=C\C/C=C\CCCCCCCCCCCCCCCCCCC(=O)NC(COC1OC(CO)C(O)C(O)C1O)C(O)/C=C/CC/C=C/CC/C=C/CCCCCCCCCCCCCCCCCCCC. The summed E-state index contributed by atoms with van der Waals surface area (Å²) in [5.41, 5.74) is 0. The van der Waals surface area contributed by atoms with Gasteiger partial charge in [-0.05, 0) is 109 Å². The van der Waals surface area contributed by atoms with Crippen LogP contribution in [-0.4, -0.2) is 87.5 Å². The van der Waals surface area contributed by atoms with Gasteiger partial charge in [-0.25, -0.2) is 0 Å². The molecule has 0 saturated carbocycles. The minimum atomic E-state index is -1.58. The van der Waals surface area contributed by atoms with Gasteiger partial charge in [0.15, 0.2) is 6.29 Å². The van der Waals surface area contributed by atoms with Crippen LogP contribution in [0.2, 0.25) is 0 Å². The average molecular weight is 1280 g/mol. The summed E-state index contributed by atoms with van der Waals surface area (Å²) in [4.78, 5) is 13.2. The molecule has 1 fully saturated rings. The van der Waals surface area contributed by atoms with Gasteiger partial charge in [-0.1, -0.05) is 347 Å². The fourth-order valence-electron chi connectivity index (χ4n) is 11.5. The summed E-state index contributed by atoms with van der Waals surface area (Å²) < 4.78 is 11.3. The number of amides is 1. The molecule has 0 aromatic carbocycles. The van der Waals surface area contributed by atoms with Crippen molar-refractivity contribution in [3.8, 4) is 0 Å². The van der Waals surface area contributed by atoms with Gasteiger partial charge in [0.05, 0.1) is 25.4 Å². The molecule has 1 heterocycles. The Bertz CT molecular complexity index is 1920. The van der Waals surface area contributed by atoms with E-state index in [1.54, 1.807) is 6.08 Å². The molecule has 0 aromatic heterocycles. The second kappa shape index (κ2) is 70.1. The minimum absolute atomic E-state index is 0.191. The third-order valence-electron chi connectivity index (χ3n) is 17.4. The summed E-state index contributed by atoms with van der Waals surface area (Å²) in [5.74, 6) is -0.191. The van der Waals surface area contributed by atoms with E-state index in [1.807, 2.05) is 6.08 Å². The highest BCUT2D eigenvalue weighted by Crippen LogP contribution is 2.23. The Hall–Kier alpha value is -3.67. The van der Waals surface area contributed by atoms with Crippen molar-refractivity contribution in [2.45, 2.75) is 371 Å². The van der Waals surface area contributed by atoms with Crippen molar-refractivity contribution in [1.29, 1.82) is 0 Å². The second-order valence-corrected chi connectivity index (χ2v) is 26.0. The van der Waals surface area contributed by atoms with Crippen LogP contribution in [0.5, 0.6) is 0 Å². The zero-order chi connectivity index (χ0) is 66.4. The van der Waals surface area contributed by atoms with Crippen molar-refractivity contribution in [3.05, 3.63) is 134 Å². The fourth-order valence-corrected chi connectivity index (χ4v) is 11.5. The topological polar surface area (TPSA) is 149 Å². The number of aliphatic hydroxyl groups is 5. The van der Waals surface area contributed by atoms with E-state index in [0.29, 0.717) is 6.42 Å². The second-order valence-electron chi connectivity index (χ2n) is 26.0. The van der Waals surface area contributed by atoms with Gasteiger partial charge in [-0.2, -0.15) is 0 Å². The van der Waals surface area contributed by atoms with Gasteiger partial charge < -0.3 is 40.3 Å². The Balaban J connectivity index is 2.12. The predicted molar refractivity (Wildman–Crippen MR) is 396 cm³/mol. The standard InChI is InChI=1S/C83H143NO8/c1-3-5-7-9-11-13-15-17-19-21-23-25-27-29-31-33-34-35-36-37-38-39-40-41-42-43-44-45-47-49-51-53-55-57-59-61-63-65-67-69-71-73-79(87)84-76(75-91-83-82(90)81(89)80(88)78(74-85)92-83)77(86)72-70-68-66-64-62-60-58-56-54-52-50-48-46-32-30-28-26-24-22-20-18-16-14-12-10-8-6-4-2/h5,7,11,13,17,19,23,25,29,31,34-35,37-38,40-41,54,56,62,64,70,72,76-78,80-83,85-86,88-90H,3-4,6,8-10,12,14-16,18,20-22,24,26-28,30,32-33,36,39,42-53,55,57-61,63,65-69,71,73-75H2,1-2H3,(H,84,87)/b7-5-,13-11-,19-17-,25-23-,31-29-,35-34-,38-37-,41-40-,56-54+,64-62+,72-70+. The van der Waals surface area contributed by atoms with Gasteiger partial charge in [-0.15, -0.1) is 0 Å². The Labute approximate surface area is 566 Å². The molecule has 6 N–H and O–H groups in total. The maximum absolute atomic E-state index is 13.2. The number of allylic oxidation sites excluding steroid dienone is 21. The molecule has 7 atom stereocenters. The number of aliphatic hydroxyl groups excluding tert-OH is 5. The number of unbranched alkanes of at least 4 members (excludes halogenated alkanes) is 36. The van der Waals surface area contributed by atoms with E-state index in [4.69, 9.17) is 9.47 Å². The maximum Gasteiger partial charge on any atom is 0.220 e. The van der Waals surface area contributed by atoms with Crippen LogP contribution in [0.25, 0.3) is 0 Å². The zero-order valence-corrected chi connectivity index (χ0v) is 59.3. The number of nitrogens with one attached hydrogen (secondary N) is 1. The minimum Gasteiger partial charge on any atom is -0.394 e. The monoisotopic (exact) mass is 1280 g/mol. The highest BCUT2D eigenvalue weighted by atomic mass is 16.7. The largest absolute Gasteiger partial charge is 0.394 e. The molecular weight excluding hydrogens is 1140 g/mol. The molecule has 92 heavy (non-hydrogen) atoms. The number of ether oxygens (including phenoxy) is 2. The van der Waals surface area contributed by atoms with E-state index >= 15 is 0 Å². The predicted octanol–water partition coefficient (Wildman–Crippen LogP) is 21.9. The lowest BCUT2D eigenvalue weighted by Crippen LogP contribution is -2.60. The van der Waals surface area contributed by atoms with E-state index in [9.17, 15) is 30.3 Å². The maximum atomic E-state index is 13.2. The molecule has 1 saturated heterocycles. The van der Waals surface area contributed by atoms with Crippen LogP contribution in [0, 0.1) is 0 Å². The van der Waals surface area contributed by atoms with E-state index in [2.05, 4.69) is 141 Å². The van der Waals surface area contributed by atoms with Crippen LogP contribution >= 0.6 is 0 Å². The van der Waals surface area contributed by atoms with Gasteiger partial charge >= 0.3 is 0 Å². The molecule has 0 radical (unpaired) electrons. The van der Waals surface area contributed by atoms with Crippen LogP contribution in [0.3, 0.4) is 0 Å². The molecule has 1 amide bonds.